The molecule has 1 aromatic carbocycles. The quantitative estimate of drug-likeness (QED) is 0.791. The van der Waals surface area contributed by atoms with Crippen LogP contribution in [0.15, 0.2) is 24.3 Å². The van der Waals surface area contributed by atoms with Crippen molar-refractivity contribution in [3.8, 4) is 0 Å². The number of anilines is 1. The largest absolute Gasteiger partial charge is 0.462 e. The Labute approximate surface area is 126 Å². The first-order valence-electron chi connectivity index (χ1n) is 7.14. The van der Waals surface area contributed by atoms with Crippen LogP contribution in [0.2, 0.25) is 0 Å². The van der Waals surface area contributed by atoms with E-state index >= 15 is 0 Å². The van der Waals surface area contributed by atoms with E-state index in [4.69, 9.17) is 4.74 Å². The van der Waals surface area contributed by atoms with Crippen LogP contribution in [0, 0.1) is 0 Å². The number of carbonyl (C=O) groups is 2. The lowest BCUT2D eigenvalue weighted by molar-refractivity contribution is -0.122. The average Bonchev–Trinajstić information content (AvgIpc) is 2.37. The van der Waals surface area contributed by atoms with Crippen molar-refractivity contribution >= 4 is 17.6 Å². The lowest BCUT2D eigenvalue weighted by Gasteiger charge is -2.20. The van der Waals surface area contributed by atoms with Gasteiger partial charge in [0.1, 0.15) is 0 Å². The molecule has 0 aliphatic carbocycles. The number of carbonyl (C=O) groups excluding carboxylic acids is 2. The van der Waals surface area contributed by atoms with Crippen LogP contribution in [0.5, 0.6) is 0 Å². The molecule has 1 amide bonds. The van der Waals surface area contributed by atoms with Gasteiger partial charge in [0.05, 0.1) is 12.2 Å². The molecule has 0 saturated carbocycles. The maximum atomic E-state index is 11.7. The maximum absolute atomic E-state index is 11.7. The number of benzene rings is 1. The van der Waals surface area contributed by atoms with Gasteiger partial charge in [-0.15, -0.1) is 0 Å². The fourth-order valence-corrected chi connectivity index (χ4v) is 1.74. The summed E-state index contributed by atoms with van der Waals surface area (Å²) in [7, 11) is 0. The Morgan fingerprint density at radius 1 is 1.14 bits per heavy atom. The van der Waals surface area contributed by atoms with Gasteiger partial charge in [-0.3, -0.25) is 4.79 Å². The normalized spacial score (nSPS) is 10.9. The Bertz CT molecular complexity index is 475. The molecule has 2 N–H and O–H groups in total. The van der Waals surface area contributed by atoms with E-state index in [-0.39, 0.29) is 17.4 Å². The van der Waals surface area contributed by atoms with Gasteiger partial charge in [0.25, 0.3) is 0 Å². The number of esters is 1. The Morgan fingerprint density at radius 2 is 1.76 bits per heavy atom. The zero-order valence-electron chi connectivity index (χ0n) is 13.2. The minimum Gasteiger partial charge on any atom is -0.462 e. The summed E-state index contributed by atoms with van der Waals surface area (Å²) in [5.41, 5.74) is 1.18. The van der Waals surface area contributed by atoms with E-state index in [9.17, 15) is 9.59 Å². The average molecular weight is 292 g/mol. The number of rotatable bonds is 6. The second-order valence-electron chi connectivity index (χ2n) is 5.77. The zero-order chi connectivity index (χ0) is 15.9. The van der Waals surface area contributed by atoms with Gasteiger partial charge in [0, 0.05) is 24.2 Å². The molecule has 0 aliphatic rings. The summed E-state index contributed by atoms with van der Waals surface area (Å²) in [6.45, 7) is 8.53. The van der Waals surface area contributed by atoms with E-state index in [0.29, 0.717) is 25.1 Å². The number of amides is 1. The first-order chi connectivity index (χ1) is 9.81. The highest BCUT2D eigenvalue weighted by molar-refractivity contribution is 5.89. The lowest BCUT2D eigenvalue weighted by Crippen LogP contribution is -2.41. The van der Waals surface area contributed by atoms with Crippen molar-refractivity contribution < 1.29 is 14.3 Å². The van der Waals surface area contributed by atoms with Gasteiger partial charge in [-0.1, -0.05) is 0 Å². The SMILES string of the molecule is CCOC(=O)c1ccc(NCCC(=O)NC(C)(C)C)cc1. The first kappa shape index (κ1) is 17.0. The third kappa shape index (κ3) is 6.79. The van der Waals surface area contributed by atoms with Gasteiger partial charge in [-0.2, -0.15) is 0 Å². The Kier molecular flexibility index (Phi) is 6.21. The number of nitrogens with one attached hydrogen (secondary N) is 2. The molecule has 0 saturated heterocycles. The summed E-state index contributed by atoms with van der Waals surface area (Å²) in [4.78, 5) is 23.1. The molecule has 0 aromatic heterocycles. The van der Waals surface area contributed by atoms with Gasteiger partial charge in [0.15, 0.2) is 0 Å². The van der Waals surface area contributed by atoms with Gasteiger partial charge in [-0.05, 0) is 52.0 Å². The molecule has 116 valence electrons. The van der Waals surface area contributed by atoms with Crippen LogP contribution in [0.4, 0.5) is 5.69 Å². The van der Waals surface area contributed by atoms with Crippen LogP contribution < -0.4 is 10.6 Å². The van der Waals surface area contributed by atoms with Crippen LogP contribution in [-0.2, 0) is 9.53 Å². The highest BCUT2D eigenvalue weighted by Crippen LogP contribution is 2.10. The molecule has 0 radical (unpaired) electrons. The van der Waals surface area contributed by atoms with Crippen molar-refractivity contribution in [2.45, 2.75) is 39.7 Å². The van der Waals surface area contributed by atoms with Gasteiger partial charge in [-0.25, -0.2) is 4.79 Å². The Hall–Kier alpha value is -2.04. The van der Waals surface area contributed by atoms with Crippen LogP contribution in [0.1, 0.15) is 44.5 Å². The molecule has 0 aliphatic heterocycles. The van der Waals surface area contributed by atoms with Crippen molar-refractivity contribution in [1.82, 2.24) is 5.32 Å². The van der Waals surface area contributed by atoms with E-state index in [1.165, 1.54) is 0 Å². The highest BCUT2D eigenvalue weighted by atomic mass is 16.5. The van der Waals surface area contributed by atoms with Gasteiger partial charge < -0.3 is 15.4 Å². The second kappa shape index (κ2) is 7.67. The molecule has 0 spiro atoms. The molecule has 1 rings (SSSR count). The minimum absolute atomic E-state index is 0.0122. The molecule has 0 fully saturated rings. The molecular weight excluding hydrogens is 268 g/mol. The fourth-order valence-electron chi connectivity index (χ4n) is 1.74. The summed E-state index contributed by atoms with van der Waals surface area (Å²) in [5, 5.41) is 6.05. The third-order valence-electron chi connectivity index (χ3n) is 2.59. The van der Waals surface area contributed by atoms with E-state index in [1.807, 2.05) is 20.8 Å². The topological polar surface area (TPSA) is 67.4 Å². The fraction of sp³-hybridized carbons (Fsp3) is 0.500. The molecule has 5 heteroatoms. The van der Waals surface area contributed by atoms with E-state index in [1.54, 1.807) is 31.2 Å². The van der Waals surface area contributed by atoms with E-state index < -0.39 is 0 Å². The summed E-state index contributed by atoms with van der Waals surface area (Å²) >= 11 is 0. The lowest BCUT2D eigenvalue weighted by atomic mass is 10.1. The summed E-state index contributed by atoms with van der Waals surface area (Å²) in [6.07, 6.45) is 0.400. The van der Waals surface area contributed by atoms with Crippen LogP contribution in [0.25, 0.3) is 0 Å². The van der Waals surface area contributed by atoms with Crippen molar-refractivity contribution in [3.05, 3.63) is 29.8 Å². The molecular formula is C16H24N2O3. The van der Waals surface area contributed by atoms with Crippen molar-refractivity contribution in [1.29, 1.82) is 0 Å². The molecule has 1 aromatic rings. The third-order valence-corrected chi connectivity index (χ3v) is 2.59. The summed E-state index contributed by atoms with van der Waals surface area (Å²) in [6, 6.07) is 7.01. The predicted octanol–water partition coefficient (Wildman–Crippen LogP) is 2.58. The highest BCUT2D eigenvalue weighted by Gasteiger charge is 2.13. The van der Waals surface area contributed by atoms with Gasteiger partial charge in [0.2, 0.25) is 5.91 Å². The van der Waals surface area contributed by atoms with Crippen LogP contribution in [0.3, 0.4) is 0 Å². The monoisotopic (exact) mass is 292 g/mol. The number of hydrogen-bond donors (Lipinski definition) is 2. The zero-order valence-corrected chi connectivity index (χ0v) is 13.2. The first-order valence-corrected chi connectivity index (χ1v) is 7.14. The molecule has 0 atom stereocenters. The summed E-state index contributed by atoms with van der Waals surface area (Å²) < 4.78 is 4.91. The number of hydrogen-bond acceptors (Lipinski definition) is 4. The molecule has 5 nitrogen and oxygen atoms in total. The van der Waals surface area contributed by atoms with Crippen molar-refractivity contribution in [2.75, 3.05) is 18.5 Å². The van der Waals surface area contributed by atoms with Crippen LogP contribution in [-0.4, -0.2) is 30.6 Å². The van der Waals surface area contributed by atoms with Gasteiger partial charge >= 0.3 is 5.97 Å². The second-order valence-corrected chi connectivity index (χ2v) is 5.77. The van der Waals surface area contributed by atoms with E-state index in [2.05, 4.69) is 10.6 Å². The summed E-state index contributed by atoms with van der Waals surface area (Å²) in [5.74, 6) is -0.313. The molecule has 21 heavy (non-hydrogen) atoms. The van der Waals surface area contributed by atoms with Crippen molar-refractivity contribution in [3.63, 3.8) is 0 Å². The Balaban J connectivity index is 2.40. The van der Waals surface area contributed by atoms with Crippen molar-refractivity contribution in [2.24, 2.45) is 0 Å². The number of ether oxygens (including phenoxy) is 1. The maximum Gasteiger partial charge on any atom is 0.338 e. The smallest absolute Gasteiger partial charge is 0.338 e. The minimum atomic E-state index is -0.325. The molecule has 0 unspecified atom stereocenters. The molecule has 0 bridgehead atoms. The molecule has 0 heterocycles. The standard InChI is InChI=1S/C16H24N2O3/c1-5-21-15(20)12-6-8-13(9-7-12)17-11-10-14(19)18-16(2,3)4/h6-9,17H,5,10-11H2,1-4H3,(H,18,19). The van der Waals surface area contributed by atoms with Crippen LogP contribution >= 0.6 is 0 Å². The predicted molar refractivity (Wildman–Crippen MR) is 83.4 cm³/mol. The van der Waals surface area contributed by atoms with E-state index in [0.717, 1.165) is 5.69 Å². The Morgan fingerprint density at radius 3 is 2.29 bits per heavy atom.